The van der Waals surface area contributed by atoms with Gasteiger partial charge in [0.15, 0.2) is 0 Å². The van der Waals surface area contributed by atoms with Gasteiger partial charge in [0.1, 0.15) is 11.6 Å². The molecule has 122 valence electrons. The van der Waals surface area contributed by atoms with Crippen LogP contribution < -0.4 is 10.6 Å². The van der Waals surface area contributed by atoms with Crippen LogP contribution in [0.25, 0.3) is 0 Å². The van der Waals surface area contributed by atoms with Gasteiger partial charge < -0.3 is 10.6 Å². The molecule has 0 bridgehead atoms. The lowest BCUT2D eigenvalue weighted by Crippen LogP contribution is -2.27. The minimum atomic E-state index is -0.369. The van der Waals surface area contributed by atoms with E-state index in [0.717, 1.165) is 18.5 Å². The van der Waals surface area contributed by atoms with Crippen molar-refractivity contribution in [1.82, 2.24) is 9.97 Å². The van der Waals surface area contributed by atoms with Gasteiger partial charge in [-0.2, -0.15) is 4.98 Å². The fraction of sp³-hybridized carbons (Fsp3) is 0.412. The predicted molar refractivity (Wildman–Crippen MR) is 92.1 cm³/mol. The first-order chi connectivity index (χ1) is 10.8. The number of rotatable bonds is 4. The Hall–Kier alpha value is -1.88. The number of halogens is 2. The van der Waals surface area contributed by atoms with E-state index in [0.29, 0.717) is 28.4 Å². The van der Waals surface area contributed by atoms with Crippen molar-refractivity contribution in [3.05, 3.63) is 40.8 Å². The third-order valence-electron chi connectivity index (χ3n) is 3.42. The Bertz CT molecular complexity index is 723. The van der Waals surface area contributed by atoms with Crippen molar-refractivity contribution >= 4 is 29.1 Å². The molecule has 1 aliphatic rings. The number of benzene rings is 1. The highest BCUT2D eigenvalue weighted by atomic mass is 35.5. The average Bonchev–Trinajstić information content (AvgIpc) is 3.25. The summed E-state index contributed by atoms with van der Waals surface area (Å²) in [6, 6.07) is 6.28. The largest absolute Gasteiger partial charge is 0.350 e. The van der Waals surface area contributed by atoms with Gasteiger partial charge in [-0.1, -0.05) is 11.6 Å². The van der Waals surface area contributed by atoms with Crippen LogP contribution in [0.4, 0.5) is 21.8 Å². The molecule has 0 amide bonds. The maximum atomic E-state index is 13.9. The number of hydrogen-bond acceptors (Lipinski definition) is 4. The number of aromatic nitrogens is 2. The molecule has 1 aliphatic carbocycles. The minimum absolute atomic E-state index is 0.152. The molecule has 6 heteroatoms. The first-order valence-electron chi connectivity index (χ1n) is 7.69. The zero-order valence-electron chi connectivity index (χ0n) is 13.5. The van der Waals surface area contributed by atoms with Gasteiger partial charge in [0.05, 0.1) is 11.4 Å². The van der Waals surface area contributed by atoms with Crippen LogP contribution in [0.3, 0.4) is 0 Å². The normalized spacial score (nSPS) is 14.7. The van der Waals surface area contributed by atoms with Crippen LogP contribution in [0.2, 0.25) is 5.02 Å². The molecule has 0 aliphatic heterocycles. The Balaban J connectivity index is 1.92. The van der Waals surface area contributed by atoms with Crippen molar-refractivity contribution in [2.45, 2.75) is 45.1 Å². The number of nitrogens with zero attached hydrogens (tertiary/aromatic N) is 2. The van der Waals surface area contributed by atoms with Crippen molar-refractivity contribution in [3.8, 4) is 0 Å². The summed E-state index contributed by atoms with van der Waals surface area (Å²) in [6.45, 7) is 6.14. The Morgan fingerprint density at radius 1 is 1.17 bits per heavy atom. The smallest absolute Gasteiger partial charge is 0.225 e. The monoisotopic (exact) mass is 334 g/mol. The number of nitrogens with one attached hydrogen (secondary N) is 2. The second-order valence-electron chi connectivity index (χ2n) is 6.90. The van der Waals surface area contributed by atoms with E-state index in [-0.39, 0.29) is 11.4 Å². The standard InChI is InChI=1S/C17H20ClFN4/c1-17(2,3)23-16-21-13(10-4-5-10)9-15(22-16)20-14-8-11(18)6-7-12(14)19/h6-10H,4-5H2,1-3H3,(H2,20,21,22,23). The van der Waals surface area contributed by atoms with Gasteiger partial charge in [-0.15, -0.1) is 0 Å². The zero-order chi connectivity index (χ0) is 16.6. The molecule has 23 heavy (non-hydrogen) atoms. The van der Waals surface area contributed by atoms with Gasteiger partial charge in [0.25, 0.3) is 0 Å². The molecule has 2 N–H and O–H groups in total. The van der Waals surface area contributed by atoms with E-state index >= 15 is 0 Å². The van der Waals surface area contributed by atoms with Gasteiger partial charge in [-0.05, 0) is 51.8 Å². The fourth-order valence-electron chi connectivity index (χ4n) is 2.24. The highest BCUT2D eigenvalue weighted by molar-refractivity contribution is 6.30. The van der Waals surface area contributed by atoms with E-state index in [2.05, 4.69) is 20.6 Å². The summed E-state index contributed by atoms with van der Waals surface area (Å²) in [5, 5.41) is 6.76. The van der Waals surface area contributed by atoms with Gasteiger partial charge in [-0.25, -0.2) is 9.37 Å². The van der Waals surface area contributed by atoms with Crippen LogP contribution in [0.15, 0.2) is 24.3 Å². The lowest BCUT2D eigenvalue weighted by molar-refractivity contribution is 0.624. The summed E-state index contributed by atoms with van der Waals surface area (Å²) < 4.78 is 13.9. The summed E-state index contributed by atoms with van der Waals surface area (Å²) in [4.78, 5) is 9.03. The van der Waals surface area contributed by atoms with Crippen LogP contribution in [-0.2, 0) is 0 Å². The summed E-state index contributed by atoms with van der Waals surface area (Å²) in [5.74, 6) is 1.22. The summed E-state index contributed by atoms with van der Waals surface area (Å²) in [7, 11) is 0. The van der Waals surface area contributed by atoms with E-state index < -0.39 is 0 Å². The van der Waals surface area contributed by atoms with Crippen molar-refractivity contribution in [3.63, 3.8) is 0 Å². The maximum absolute atomic E-state index is 13.9. The fourth-order valence-corrected chi connectivity index (χ4v) is 2.41. The molecule has 1 aromatic heterocycles. The maximum Gasteiger partial charge on any atom is 0.225 e. The first-order valence-corrected chi connectivity index (χ1v) is 8.07. The van der Waals surface area contributed by atoms with Crippen molar-refractivity contribution in [2.24, 2.45) is 0 Å². The summed E-state index contributed by atoms with van der Waals surface area (Å²) in [6.07, 6.45) is 2.27. The van der Waals surface area contributed by atoms with E-state index in [4.69, 9.17) is 11.6 Å². The molecule has 0 atom stereocenters. The van der Waals surface area contributed by atoms with Gasteiger partial charge in [0.2, 0.25) is 5.95 Å². The molecule has 3 rings (SSSR count). The molecular formula is C17H20ClFN4. The molecule has 0 spiro atoms. The molecular weight excluding hydrogens is 315 g/mol. The van der Waals surface area contributed by atoms with Crippen molar-refractivity contribution < 1.29 is 4.39 Å². The van der Waals surface area contributed by atoms with Crippen molar-refractivity contribution in [2.75, 3.05) is 10.6 Å². The third kappa shape index (κ3) is 4.32. The quantitative estimate of drug-likeness (QED) is 0.816. The SMILES string of the molecule is CC(C)(C)Nc1nc(Nc2cc(Cl)ccc2F)cc(C2CC2)n1. The zero-order valence-corrected chi connectivity index (χ0v) is 14.2. The topological polar surface area (TPSA) is 49.8 Å². The van der Waals surface area contributed by atoms with Crippen LogP contribution in [0.5, 0.6) is 0 Å². The molecule has 4 nitrogen and oxygen atoms in total. The molecule has 1 heterocycles. The number of anilines is 3. The Labute approximate surface area is 140 Å². The first kappa shape index (κ1) is 16.0. The molecule has 1 fully saturated rings. The van der Waals surface area contributed by atoms with Crippen molar-refractivity contribution in [1.29, 1.82) is 0 Å². The molecule has 0 saturated heterocycles. The molecule has 2 aromatic rings. The lowest BCUT2D eigenvalue weighted by atomic mass is 10.1. The average molecular weight is 335 g/mol. The van der Waals surface area contributed by atoms with Crippen LogP contribution in [-0.4, -0.2) is 15.5 Å². The van der Waals surface area contributed by atoms with Gasteiger partial charge in [0, 0.05) is 22.5 Å². The van der Waals surface area contributed by atoms with Crippen LogP contribution in [0, 0.1) is 5.82 Å². The Kier molecular flexibility index (Phi) is 4.15. The van der Waals surface area contributed by atoms with E-state index in [1.165, 1.54) is 12.1 Å². The second-order valence-corrected chi connectivity index (χ2v) is 7.34. The molecule has 0 radical (unpaired) electrons. The second kappa shape index (κ2) is 5.96. The van der Waals surface area contributed by atoms with Crippen LogP contribution in [0.1, 0.15) is 45.2 Å². The van der Waals surface area contributed by atoms with Gasteiger partial charge >= 0.3 is 0 Å². The highest BCUT2D eigenvalue weighted by Gasteiger charge is 2.27. The Morgan fingerprint density at radius 2 is 1.91 bits per heavy atom. The highest BCUT2D eigenvalue weighted by Crippen LogP contribution is 2.40. The van der Waals surface area contributed by atoms with E-state index in [1.807, 2.05) is 26.8 Å². The number of hydrogen-bond donors (Lipinski definition) is 2. The molecule has 1 saturated carbocycles. The lowest BCUT2D eigenvalue weighted by Gasteiger charge is -2.21. The van der Waals surface area contributed by atoms with Gasteiger partial charge in [-0.3, -0.25) is 0 Å². The molecule has 0 unspecified atom stereocenters. The summed E-state index contributed by atoms with van der Waals surface area (Å²) in [5.41, 5.74) is 1.14. The van der Waals surface area contributed by atoms with Crippen LogP contribution >= 0.6 is 11.6 Å². The predicted octanol–water partition coefficient (Wildman–Crippen LogP) is 5.10. The third-order valence-corrected chi connectivity index (χ3v) is 3.65. The minimum Gasteiger partial charge on any atom is -0.350 e. The van der Waals surface area contributed by atoms with E-state index in [9.17, 15) is 4.39 Å². The Morgan fingerprint density at radius 3 is 2.57 bits per heavy atom. The summed E-state index contributed by atoms with van der Waals surface area (Å²) >= 11 is 5.94. The molecule has 1 aromatic carbocycles. The van der Waals surface area contributed by atoms with E-state index in [1.54, 1.807) is 6.07 Å².